The van der Waals surface area contributed by atoms with Crippen LogP contribution in [-0.4, -0.2) is 5.84 Å². The molecule has 0 saturated carbocycles. The van der Waals surface area contributed by atoms with E-state index >= 15 is 0 Å². The van der Waals surface area contributed by atoms with E-state index in [4.69, 9.17) is 10.5 Å². The van der Waals surface area contributed by atoms with Crippen molar-refractivity contribution in [1.29, 1.82) is 10.5 Å². The first-order valence-corrected chi connectivity index (χ1v) is 2.90. The van der Waals surface area contributed by atoms with Gasteiger partial charge >= 0.3 is 51.4 Å². The third kappa shape index (κ3) is 7.99. The fourth-order valence-corrected chi connectivity index (χ4v) is 0.476. The molecule has 0 heterocycles. The molecule has 4 nitrogen and oxygen atoms in total. The van der Waals surface area contributed by atoms with E-state index in [-0.39, 0.29) is 51.4 Å². The Bertz CT molecular complexity index is 198. The average molecular weight is 174 g/mol. The number of amidine groups is 1. The average Bonchev–Trinajstić information content (AvgIpc) is 1.90. The maximum atomic E-state index is 8.08. The van der Waals surface area contributed by atoms with Crippen LogP contribution in [0, 0.1) is 22.9 Å². The summed E-state index contributed by atoms with van der Waals surface area (Å²) in [7, 11) is 0. The van der Waals surface area contributed by atoms with Crippen LogP contribution in [0.1, 0.15) is 19.8 Å². The molecule has 5 heteroatoms. The van der Waals surface area contributed by atoms with Gasteiger partial charge in [-0.05, 0) is 6.42 Å². The molecule has 0 aliphatic carbocycles. The second-order valence-corrected chi connectivity index (χ2v) is 1.59. The molecule has 0 N–H and O–H groups in total. The van der Waals surface area contributed by atoms with Crippen molar-refractivity contribution in [2.45, 2.75) is 19.8 Å². The summed E-state index contributed by atoms with van der Waals surface area (Å²) in [5.74, 6) is 0.313. The van der Waals surface area contributed by atoms with Gasteiger partial charge in [-0.25, -0.2) is 0 Å². The number of aliphatic imine (C=N–C) groups is 1. The van der Waals surface area contributed by atoms with E-state index in [0.29, 0.717) is 12.3 Å². The van der Waals surface area contributed by atoms with E-state index in [1.807, 2.05) is 6.92 Å². The summed E-state index contributed by atoms with van der Waals surface area (Å²) in [6, 6.07) is 0. The Balaban J connectivity index is 0. The molecule has 0 aromatic heterocycles. The molecule has 0 atom stereocenters. The van der Waals surface area contributed by atoms with Crippen LogP contribution in [0.25, 0.3) is 5.32 Å². The second-order valence-electron chi connectivity index (χ2n) is 1.59. The van der Waals surface area contributed by atoms with Crippen LogP contribution in [0.3, 0.4) is 0 Å². The molecule has 0 spiro atoms. The van der Waals surface area contributed by atoms with E-state index in [9.17, 15) is 0 Å². The van der Waals surface area contributed by atoms with Crippen LogP contribution in [0.2, 0.25) is 0 Å². The summed E-state index contributed by atoms with van der Waals surface area (Å²) in [6.45, 7) is 1.93. The Hall–Kier alpha value is 0.0864. The minimum atomic E-state index is 0. The number of hydrogen-bond acceptors (Lipinski definition) is 3. The smallest absolute Gasteiger partial charge is 0.386 e. The molecule has 0 amide bonds. The van der Waals surface area contributed by atoms with Crippen molar-refractivity contribution in [1.82, 2.24) is 0 Å². The zero-order chi connectivity index (χ0) is 7.82. The van der Waals surface area contributed by atoms with Crippen LogP contribution in [0.5, 0.6) is 0 Å². The van der Waals surface area contributed by atoms with Crippen molar-refractivity contribution in [2.24, 2.45) is 4.99 Å². The Labute approximate surface area is 109 Å². The molecule has 52 valence electrons. The van der Waals surface area contributed by atoms with Crippen LogP contribution in [0.4, 0.5) is 0 Å². The Kier molecular flexibility index (Phi) is 12.5. The van der Waals surface area contributed by atoms with Gasteiger partial charge in [0.15, 0.2) is 0 Å². The van der Waals surface area contributed by atoms with Crippen LogP contribution in [-0.2, 0) is 0 Å². The van der Waals surface area contributed by atoms with Gasteiger partial charge in [0.05, 0.1) is 0 Å². The molecule has 0 bridgehead atoms. The summed E-state index contributed by atoms with van der Waals surface area (Å²) in [5.41, 5.74) is 0. The van der Waals surface area contributed by atoms with Crippen molar-refractivity contribution in [3.63, 3.8) is 0 Å². The van der Waals surface area contributed by atoms with Gasteiger partial charge in [0.1, 0.15) is 6.19 Å². The van der Waals surface area contributed by atoms with Crippen LogP contribution < -0.4 is 51.4 Å². The van der Waals surface area contributed by atoms with Gasteiger partial charge in [0.25, 0.3) is 0 Å². The Morgan fingerprint density at radius 1 is 1.55 bits per heavy atom. The first-order chi connectivity index (χ1) is 4.85. The van der Waals surface area contributed by atoms with E-state index in [1.54, 1.807) is 12.4 Å². The Morgan fingerprint density at radius 3 is 2.55 bits per heavy atom. The van der Waals surface area contributed by atoms with E-state index < -0.39 is 0 Å². The predicted octanol–water partition coefficient (Wildman–Crippen LogP) is -1.48. The standard InChI is InChI=1S/C6H7N4.K/c1-2-3-6(9-4-7)10-5-8;/h2-3H2,1H3;/q-1;+1. The van der Waals surface area contributed by atoms with Crippen molar-refractivity contribution < 1.29 is 51.4 Å². The largest absolute Gasteiger partial charge is 1.00 e. The molecule has 0 rings (SSSR count). The fourth-order valence-electron chi connectivity index (χ4n) is 0.476. The third-order valence-corrected chi connectivity index (χ3v) is 0.832. The zero-order valence-electron chi connectivity index (χ0n) is 6.70. The molecule has 0 fully saturated rings. The molecule has 0 aromatic rings. The number of rotatable bonds is 2. The molecule has 0 radical (unpaired) electrons. The predicted molar refractivity (Wildman–Crippen MR) is 36.9 cm³/mol. The zero-order valence-corrected chi connectivity index (χ0v) is 9.83. The Morgan fingerprint density at radius 2 is 2.18 bits per heavy atom. The van der Waals surface area contributed by atoms with Crippen LogP contribution in [0.15, 0.2) is 4.99 Å². The van der Waals surface area contributed by atoms with Gasteiger partial charge < -0.3 is 10.6 Å². The van der Waals surface area contributed by atoms with Gasteiger partial charge in [-0.3, -0.25) is 4.99 Å². The SMILES string of the molecule is CCCC(=NC#N)[N-]C#N.[K+]. The van der Waals surface area contributed by atoms with E-state index in [1.165, 1.54) is 0 Å². The second kappa shape index (κ2) is 10.1. The number of nitrogens with zero attached hydrogens (tertiary/aromatic N) is 4. The monoisotopic (exact) mass is 174 g/mol. The maximum Gasteiger partial charge on any atom is 1.00 e. The number of hydrogen-bond donors (Lipinski definition) is 0. The topological polar surface area (TPSA) is 74.0 Å². The molecule has 0 unspecified atom stereocenters. The molecule has 11 heavy (non-hydrogen) atoms. The fraction of sp³-hybridized carbons (Fsp3) is 0.500. The minimum Gasteiger partial charge on any atom is -0.386 e. The van der Waals surface area contributed by atoms with E-state index in [0.717, 1.165) is 6.42 Å². The summed E-state index contributed by atoms with van der Waals surface area (Å²) < 4.78 is 0. The maximum absolute atomic E-state index is 8.08. The van der Waals surface area contributed by atoms with Gasteiger partial charge in [-0.2, -0.15) is 5.26 Å². The van der Waals surface area contributed by atoms with E-state index in [2.05, 4.69) is 10.3 Å². The van der Waals surface area contributed by atoms with Gasteiger partial charge in [-0.1, -0.05) is 13.3 Å². The molecular formula is C6H7KN4. The third-order valence-electron chi connectivity index (χ3n) is 0.832. The first kappa shape index (κ1) is 13.7. The number of nitriles is 2. The molecule has 0 saturated heterocycles. The van der Waals surface area contributed by atoms with Gasteiger partial charge in [0.2, 0.25) is 0 Å². The van der Waals surface area contributed by atoms with Crippen molar-refractivity contribution in [2.75, 3.05) is 0 Å². The normalized spacial score (nSPS) is 8.82. The summed E-state index contributed by atoms with van der Waals surface area (Å²) >= 11 is 0. The summed E-state index contributed by atoms with van der Waals surface area (Å²) in [5, 5.41) is 19.5. The minimum absolute atomic E-state index is 0. The van der Waals surface area contributed by atoms with Crippen molar-refractivity contribution in [3.8, 4) is 12.4 Å². The summed E-state index contributed by atoms with van der Waals surface area (Å²) in [4.78, 5) is 3.34. The van der Waals surface area contributed by atoms with Gasteiger partial charge in [-0.15, -0.1) is 0 Å². The van der Waals surface area contributed by atoms with Crippen molar-refractivity contribution >= 4 is 5.84 Å². The van der Waals surface area contributed by atoms with Crippen LogP contribution >= 0.6 is 0 Å². The molecular weight excluding hydrogens is 167 g/mol. The van der Waals surface area contributed by atoms with Gasteiger partial charge in [0, 0.05) is 12.0 Å². The molecule has 0 aromatic carbocycles. The quantitative estimate of drug-likeness (QED) is 0.222. The van der Waals surface area contributed by atoms with Crippen molar-refractivity contribution in [3.05, 3.63) is 5.32 Å². The summed E-state index contributed by atoms with van der Waals surface area (Å²) in [6.07, 6.45) is 4.58. The first-order valence-electron chi connectivity index (χ1n) is 2.90. The molecule has 0 aliphatic heterocycles. The molecule has 0 aliphatic rings.